The Labute approximate surface area is 479 Å². The zero-order chi connectivity index (χ0) is 56.4. The lowest BCUT2D eigenvalue weighted by Gasteiger charge is -2.48. The van der Waals surface area contributed by atoms with Crippen molar-refractivity contribution in [3.8, 4) is 0 Å². The smallest absolute Gasteiger partial charge is 0.297 e. The number of benzene rings is 7. The molecule has 408 valence electrons. The molecule has 0 unspecified atom stereocenters. The van der Waals surface area contributed by atoms with E-state index in [0.717, 1.165) is 48.3 Å². The summed E-state index contributed by atoms with van der Waals surface area (Å²) >= 11 is 0. The molecular weight excluding hydrogens is 970 g/mol. The van der Waals surface area contributed by atoms with Crippen LogP contribution in [0.2, 0.25) is 0 Å². The number of anilines is 9. The molecule has 4 heterocycles. The Kier molecular flexibility index (Phi) is 10.6. The van der Waals surface area contributed by atoms with Crippen LogP contribution < -0.4 is 31.3 Å². The molecule has 3 aliphatic heterocycles. The first kappa shape index (κ1) is 51.7. The van der Waals surface area contributed by atoms with Crippen molar-refractivity contribution < 1.29 is 4.42 Å². The lowest BCUT2D eigenvalue weighted by molar-refractivity contribution is 0.332. The molecule has 80 heavy (non-hydrogen) atoms. The van der Waals surface area contributed by atoms with Crippen molar-refractivity contribution in [2.75, 3.05) is 14.7 Å². The van der Waals surface area contributed by atoms with Crippen LogP contribution in [-0.2, 0) is 43.3 Å². The van der Waals surface area contributed by atoms with Crippen molar-refractivity contribution in [3.05, 3.63) is 177 Å². The highest BCUT2D eigenvalue weighted by Crippen LogP contribution is 2.58. The van der Waals surface area contributed by atoms with Crippen LogP contribution in [0.4, 0.5) is 51.2 Å². The van der Waals surface area contributed by atoms with E-state index in [-0.39, 0.29) is 50.0 Å². The van der Waals surface area contributed by atoms with Crippen LogP contribution in [-0.4, -0.2) is 6.71 Å². The van der Waals surface area contributed by atoms with Crippen LogP contribution in [0.5, 0.6) is 0 Å². The zero-order valence-electron chi connectivity index (χ0n) is 51.2. The van der Waals surface area contributed by atoms with Gasteiger partial charge in [-0.15, -0.1) is 0 Å². The second-order valence-corrected chi connectivity index (χ2v) is 31.0. The summed E-state index contributed by atoms with van der Waals surface area (Å²) < 4.78 is 7.70. The van der Waals surface area contributed by atoms with Gasteiger partial charge in [0, 0.05) is 39.2 Å². The van der Waals surface area contributed by atoms with Gasteiger partial charge in [-0.25, -0.2) is 0 Å². The quantitative estimate of drug-likeness (QED) is 0.165. The van der Waals surface area contributed by atoms with E-state index in [4.69, 9.17) is 4.42 Å². The summed E-state index contributed by atoms with van der Waals surface area (Å²) in [5, 5.41) is 1.17. The van der Waals surface area contributed by atoms with Crippen molar-refractivity contribution in [1.29, 1.82) is 0 Å². The molecule has 0 fully saturated rings. The van der Waals surface area contributed by atoms with E-state index in [1.807, 2.05) is 0 Å². The first-order valence-electron chi connectivity index (χ1n) is 30.3. The summed E-state index contributed by atoms with van der Waals surface area (Å²) in [6.45, 7) is 41.3. The van der Waals surface area contributed by atoms with Crippen LogP contribution in [0.15, 0.2) is 132 Å². The molecule has 1 aromatic heterocycles. The third kappa shape index (κ3) is 7.25. The Balaban J connectivity index is 1.17. The molecule has 0 N–H and O–H groups in total. The van der Waals surface area contributed by atoms with E-state index < -0.39 is 0 Å². The van der Waals surface area contributed by atoms with Gasteiger partial charge in [0.15, 0.2) is 0 Å². The molecule has 0 bridgehead atoms. The first-order valence-corrected chi connectivity index (χ1v) is 30.3. The standard InChI is InChI=1S/C75H84BN3O/c1-68(2,3)45-26-31-64-49(38-45)66-67(80-64)76-58-43-56-57(74(14,15)37-36-73(56,12)13)44-61(58)77(46-27-29-50-54(39-46)71(8,9)34-32-69(50,4)5)62-41-48(78-59-24-20-18-22-52(59)75(16,17)53-23-19-21-25-60(53)78)42-63(65(62)76)79(66)47-28-30-51-55(40-47)72(10,11)35-33-70(51,6)7/h18-31,38-44H,32-37H2,1-17H3. The van der Waals surface area contributed by atoms with Crippen molar-refractivity contribution in [1.82, 2.24) is 0 Å². The Morgan fingerprint density at radius 3 is 1.34 bits per heavy atom. The van der Waals surface area contributed by atoms with Gasteiger partial charge in [0.2, 0.25) is 0 Å². The number of nitrogens with zero attached hydrogens (tertiary/aromatic N) is 3. The monoisotopic (exact) mass is 1050 g/mol. The van der Waals surface area contributed by atoms with E-state index in [9.17, 15) is 0 Å². The van der Waals surface area contributed by atoms with E-state index in [2.05, 4.69) is 260 Å². The highest BCUT2D eigenvalue weighted by molar-refractivity contribution is 7.00. The maximum absolute atomic E-state index is 7.70. The molecule has 5 heteroatoms. The Hall–Kier alpha value is -6.46. The average Bonchev–Trinajstić information content (AvgIpc) is 3.60. The predicted octanol–water partition coefficient (Wildman–Crippen LogP) is 19.0. The number of fused-ring (bicyclic) bond motifs is 11. The number of furan rings is 1. The van der Waals surface area contributed by atoms with Gasteiger partial charge in [0.1, 0.15) is 5.58 Å². The number of hydrogen-bond acceptors (Lipinski definition) is 4. The number of hydrogen-bond donors (Lipinski definition) is 0. The van der Waals surface area contributed by atoms with Crippen LogP contribution in [0.3, 0.4) is 0 Å². The lowest BCUT2D eigenvalue weighted by Crippen LogP contribution is -2.61. The van der Waals surface area contributed by atoms with Gasteiger partial charge in [-0.3, -0.25) is 0 Å². The molecule has 0 radical (unpaired) electrons. The molecule has 0 saturated carbocycles. The minimum Gasteiger partial charge on any atom is -0.468 e. The molecule has 7 aromatic carbocycles. The molecule has 0 atom stereocenters. The van der Waals surface area contributed by atoms with Gasteiger partial charge in [0.25, 0.3) is 6.71 Å². The maximum atomic E-state index is 7.70. The highest BCUT2D eigenvalue weighted by Gasteiger charge is 2.51. The normalized spacial score (nSPS) is 20.6. The minimum absolute atomic E-state index is 0.000608. The third-order valence-electron chi connectivity index (χ3n) is 21.6. The second kappa shape index (κ2) is 16.4. The number of rotatable bonds is 3. The van der Waals surface area contributed by atoms with E-state index in [1.54, 1.807) is 0 Å². The van der Waals surface area contributed by atoms with Crippen molar-refractivity contribution in [3.63, 3.8) is 0 Å². The zero-order valence-corrected chi connectivity index (χ0v) is 51.2. The van der Waals surface area contributed by atoms with Gasteiger partial charge in [-0.05, 0) is 204 Å². The molecule has 3 aliphatic carbocycles. The summed E-state index contributed by atoms with van der Waals surface area (Å²) in [7, 11) is 0. The summed E-state index contributed by atoms with van der Waals surface area (Å²) in [6, 6.07) is 51.0. The molecular formula is C75H84BN3O. The summed E-state index contributed by atoms with van der Waals surface area (Å²) in [6.07, 6.45) is 6.91. The summed E-state index contributed by atoms with van der Waals surface area (Å²) in [5.41, 5.74) is 28.0. The Morgan fingerprint density at radius 1 is 0.388 bits per heavy atom. The fourth-order valence-electron chi connectivity index (χ4n) is 16.0. The van der Waals surface area contributed by atoms with Gasteiger partial charge < -0.3 is 19.1 Å². The summed E-state index contributed by atoms with van der Waals surface area (Å²) in [5.74, 6) is 0. The van der Waals surface area contributed by atoms with Crippen molar-refractivity contribution in [2.45, 2.75) is 200 Å². The molecule has 0 spiro atoms. The van der Waals surface area contributed by atoms with Crippen molar-refractivity contribution in [2.24, 2.45) is 0 Å². The van der Waals surface area contributed by atoms with Gasteiger partial charge >= 0.3 is 0 Å². The maximum Gasteiger partial charge on any atom is 0.297 e. The second-order valence-electron chi connectivity index (χ2n) is 31.0. The van der Waals surface area contributed by atoms with Crippen molar-refractivity contribution >= 4 is 85.5 Å². The van der Waals surface area contributed by atoms with Gasteiger partial charge in [-0.2, -0.15) is 0 Å². The molecule has 4 nitrogen and oxygen atoms in total. The lowest BCUT2D eigenvalue weighted by atomic mass is 9.35. The minimum atomic E-state index is -0.212. The van der Waals surface area contributed by atoms with E-state index in [0.29, 0.717) is 0 Å². The fourth-order valence-corrected chi connectivity index (χ4v) is 16.0. The van der Waals surface area contributed by atoms with Crippen LogP contribution in [0, 0.1) is 0 Å². The van der Waals surface area contributed by atoms with E-state index >= 15 is 0 Å². The van der Waals surface area contributed by atoms with Crippen LogP contribution in [0.25, 0.3) is 11.0 Å². The molecule has 0 saturated heterocycles. The predicted molar refractivity (Wildman–Crippen MR) is 342 cm³/mol. The first-order chi connectivity index (χ1) is 37.5. The molecule has 8 aromatic rings. The molecule has 6 aliphatic rings. The fraction of sp³-hybridized carbons (Fsp3) is 0.413. The largest absolute Gasteiger partial charge is 0.468 e. The SMILES string of the molecule is CC(C)(C)c1ccc2oc3c(c2c1)N(c1ccc2c(c1)C(C)(C)CCC2(C)C)c1cc(N2c4ccccc4C(C)(C)c4ccccc42)cc2c1B3c1cc3c(cc1N2c1ccc2c(c1)C(C)(C)CCC2(C)C)C(C)(C)CCC3(C)C. The topological polar surface area (TPSA) is 22.9 Å². The van der Waals surface area contributed by atoms with Crippen LogP contribution >= 0.6 is 0 Å². The Morgan fingerprint density at radius 2 is 0.825 bits per heavy atom. The molecule has 0 amide bonds. The average molecular weight is 1050 g/mol. The van der Waals surface area contributed by atoms with Crippen LogP contribution in [0.1, 0.15) is 206 Å². The summed E-state index contributed by atoms with van der Waals surface area (Å²) in [4.78, 5) is 7.99. The van der Waals surface area contributed by atoms with Gasteiger partial charge in [0.05, 0.1) is 28.4 Å². The Bertz CT molecular complexity index is 3910. The number of para-hydroxylation sites is 2. The third-order valence-corrected chi connectivity index (χ3v) is 21.6. The highest BCUT2D eigenvalue weighted by atomic mass is 16.3. The van der Waals surface area contributed by atoms with E-state index in [1.165, 1.54) is 119 Å². The van der Waals surface area contributed by atoms with Gasteiger partial charge in [-0.1, -0.05) is 178 Å². The molecule has 14 rings (SSSR count).